The molecule has 1 fully saturated rings. The Morgan fingerprint density at radius 3 is 2.64 bits per heavy atom. The molecule has 1 saturated carbocycles. The maximum atomic E-state index is 6.25. The third-order valence-electron chi connectivity index (χ3n) is 4.59. The summed E-state index contributed by atoms with van der Waals surface area (Å²) in [4.78, 5) is 4.49. The standard InChI is InChI=1S/C18H25N3O/c19-16(13-15-9-5-2-6-10-15)18-20-17(21-22-18)12-11-14-7-3-1-4-8-14/h1,3-4,7-8,15-16H,2,5-6,9-13,19H2. The van der Waals surface area contributed by atoms with E-state index in [1.165, 1.54) is 37.7 Å². The van der Waals surface area contributed by atoms with E-state index in [1.807, 2.05) is 6.07 Å². The summed E-state index contributed by atoms with van der Waals surface area (Å²) in [5.41, 5.74) is 7.54. The van der Waals surface area contributed by atoms with Crippen molar-refractivity contribution < 1.29 is 4.52 Å². The number of hydrogen-bond acceptors (Lipinski definition) is 4. The highest BCUT2D eigenvalue weighted by Gasteiger charge is 2.21. The molecule has 1 aliphatic rings. The molecule has 2 aromatic rings. The molecule has 4 heteroatoms. The highest BCUT2D eigenvalue weighted by molar-refractivity contribution is 5.15. The van der Waals surface area contributed by atoms with Gasteiger partial charge in [-0.25, -0.2) is 0 Å². The zero-order chi connectivity index (χ0) is 15.2. The van der Waals surface area contributed by atoms with Gasteiger partial charge in [0.2, 0.25) is 5.89 Å². The molecule has 1 unspecified atom stereocenters. The summed E-state index contributed by atoms with van der Waals surface area (Å²) in [5.74, 6) is 2.09. The molecule has 4 nitrogen and oxygen atoms in total. The van der Waals surface area contributed by atoms with Crippen LogP contribution in [0.15, 0.2) is 34.9 Å². The van der Waals surface area contributed by atoms with Crippen molar-refractivity contribution in [2.24, 2.45) is 11.7 Å². The molecule has 0 aliphatic heterocycles. The number of rotatable bonds is 6. The molecule has 1 atom stereocenters. The molecule has 0 radical (unpaired) electrons. The van der Waals surface area contributed by atoms with Gasteiger partial charge in [-0.1, -0.05) is 67.6 Å². The summed E-state index contributed by atoms with van der Waals surface area (Å²) in [6.07, 6.45) is 9.33. The van der Waals surface area contributed by atoms with Crippen molar-refractivity contribution in [2.75, 3.05) is 0 Å². The quantitative estimate of drug-likeness (QED) is 0.880. The fourth-order valence-electron chi connectivity index (χ4n) is 3.30. The van der Waals surface area contributed by atoms with Crippen molar-refractivity contribution in [2.45, 2.75) is 57.4 Å². The summed E-state index contributed by atoms with van der Waals surface area (Å²) >= 11 is 0. The Labute approximate surface area is 132 Å². The average Bonchev–Trinajstić information content (AvgIpc) is 3.04. The molecule has 0 spiro atoms. The van der Waals surface area contributed by atoms with Crippen molar-refractivity contribution >= 4 is 0 Å². The van der Waals surface area contributed by atoms with Crippen LogP contribution in [0.4, 0.5) is 0 Å². The minimum Gasteiger partial charge on any atom is -0.338 e. The Bertz CT molecular complexity index is 561. The van der Waals surface area contributed by atoms with Crippen molar-refractivity contribution in [3.8, 4) is 0 Å². The van der Waals surface area contributed by atoms with Crippen LogP contribution in [0.1, 0.15) is 61.8 Å². The maximum Gasteiger partial charge on any atom is 0.243 e. The van der Waals surface area contributed by atoms with Crippen molar-refractivity contribution in [3.63, 3.8) is 0 Å². The summed E-state index contributed by atoms with van der Waals surface area (Å²) in [7, 11) is 0. The smallest absolute Gasteiger partial charge is 0.243 e. The van der Waals surface area contributed by atoms with E-state index >= 15 is 0 Å². The van der Waals surface area contributed by atoms with Crippen LogP contribution in [0.3, 0.4) is 0 Å². The highest BCUT2D eigenvalue weighted by Crippen LogP contribution is 2.30. The first-order valence-corrected chi connectivity index (χ1v) is 8.43. The number of hydrogen-bond donors (Lipinski definition) is 1. The number of aryl methyl sites for hydroxylation is 2. The Morgan fingerprint density at radius 2 is 1.86 bits per heavy atom. The van der Waals surface area contributed by atoms with Crippen LogP contribution in [0.5, 0.6) is 0 Å². The summed E-state index contributed by atoms with van der Waals surface area (Å²) in [6.45, 7) is 0. The van der Waals surface area contributed by atoms with Crippen LogP contribution >= 0.6 is 0 Å². The number of nitrogens with zero attached hydrogens (tertiary/aromatic N) is 2. The molecule has 1 aromatic heterocycles. The van der Waals surface area contributed by atoms with Crippen LogP contribution in [0, 0.1) is 5.92 Å². The topological polar surface area (TPSA) is 64.9 Å². The molecule has 0 amide bonds. The van der Waals surface area contributed by atoms with E-state index < -0.39 is 0 Å². The molecule has 3 rings (SSSR count). The second-order valence-electron chi connectivity index (χ2n) is 6.38. The fraction of sp³-hybridized carbons (Fsp3) is 0.556. The van der Waals surface area contributed by atoms with Gasteiger partial charge in [0.05, 0.1) is 6.04 Å². The Morgan fingerprint density at radius 1 is 1.09 bits per heavy atom. The Balaban J connectivity index is 1.51. The normalized spacial score (nSPS) is 17.5. The number of benzene rings is 1. The van der Waals surface area contributed by atoms with E-state index in [0.717, 1.165) is 31.0 Å². The van der Waals surface area contributed by atoms with Gasteiger partial charge < -0.3 is 10.3 Å². The average molecular weight is 299 g/mol. The zero-order valence-corrected chi connectivity index (χ0v) is 13.1. The largest absolute Gasteiger partial charge is 0.338 e. The fourth-order valence-corrected chi connectivity index (χ4v) is 3.30. The van der Waals surface area contributed by atoms with Crippen molar-refractivity contribution in [1.29, 1.82) is 0 Å². The maximum absolute atomic E-state index is 6.25. The first-order valence-electron chi connectivity index (χ1n) is 8.43. The number of nitrogens with two attached hydrogens (primary N) is 1. The highest BCUT2D eigenvalue weighted by atomic mass is 16.5. The lowest BCUT2D eigenvalue weighted by molar-refractivity contribution is 0.283. The van der Waals surface area contributed by atoms with Gasteiger partial charge in [0.25, 0.3) is 0 Å². The Kier molecular flexibility index (Phi) is 5.22. The third kappa shape index (κ3) is 4.17. The monoisotopic (exact) mass is 299 g/mol. The molecular weight excluding hydrogens is 274 g/mol. The molecule has 118 valence electrons. The first-order chi connectivity index (χ1) is 10.8. The first kappa shape index (κ1) is 15.2. The SMILES string of the molecule is NC(CC1CCCCC1)c1nc(CCc2ccccc2)no1. The van der Waals surface area contributed by atoms with Crippen LogP contribution in [-0.4, -0.2) is 10.1 Å². The lowest BCUT2D eigenvalue weighted by Crippen LogP contribution is -2.17. The van der Waals surface area contributed by atoms with Gasteiger partial charge in [-0.2, -0.15) is 4.98 Å². The molecule has 2 N–H and O–H groups in total. The van der Waals surface area contributed by atoms with Crippen LogP contribution < -0.4 is 5.73 Å². The Hall–Kier alpha value is -1.68. The molecule has 22 heavy (non-hydrogen) atoms. The van der Waals surface area contributed by atoms with Gasteiger partial charge in [-0.15, -0.1) is 0 Å². The van der Waals surface area contributed by atoms with Gasteiger partial charge in [0, 0.05) is 6.42 Å². The van der Waals surface area contributed by atoms with Gasteiger partial charge in [-0.05, 0) is 24.3 Å². The van der Waals surface area contributed by atoms with Crippen molar-refractivity contribution in [1.82, 2.24) is 10.1 Å². The van der Waals surface area contributed by atoms with Gasteiger partial charge in [-0.3, -0.25) is 0 Å². The zero-order valence-electron chi connectivity index (χ0n) is 13.1. The van der Waals surface area contributed by atoms with E-state index in [4.69, 9.17) is 10.3 Å². The summed E-state index contributed by atoms with van der Waals surface area (Å²) in [5, 5.41) is 4.08. The molecule has 0 saturated heterocycles. The minimum atomic E-state index is -0.110. The van der Waals surface area contributed by atoms with E-state index in [9.17, 15) is 0 Å². The molecule has 0 bridgehead atoms. The van der Waals surface area contributed by atoms with E-state index in [2.05, 4.69) is 34.4 Å². The lowest BCUT2D eigenvalue weighted by atomic mass is 9.85. The molecular formula is C18H25N3O. The minimum absolute atomic E-state index is 0.110. The second-order valence-corrected chi connectivity index (χ2v) is 6.38. The lowest BCUT2D eigenvalue weighted by Gasteiger charge is -2.22. The predicted molar refractivity (Wildman–Crippen MR) is 86.3 cm³/mol. The second kappa shape index (κ2) is 7.54. The number of aromatic nitrogens is 2. The van der Waals surface area contributed by atoms with Crippen LogP contribution in [0.2, 0.25) is 0 Å². The molecule has 1 aromatic carbocycles. The van der Waals surface area contributed by atoms with Crippen LogP contribution in [0.25, 0.3) is 0 Å². The third-order valence-corrected chi connectivity index (χ3v) is 4.59. The van der Waals surface area contributed by atoms with E-state index in [0.29, 0.717) is 5.89 Å². The van der Waals surface area contributed by atoms with Gasteiger partial charge in [0.1, 0.15) is 0 Å². The van der Waals surface area contributed by atoms with Gasteiger partial charge >= 0.3 is 0 Å². The van der Waals surface area contributed by atoms with E-state index in [-0.39, 0.29) is 6.04 Å². The summed E-state index contributed by atoms with van der Waals surface area (Å²) in [6, 6.07) is 10.3. The van der Waals surface area contributed by atoms with E-state index in [1.54, 1.807) is 0 Å². The van der Waals surface area contributed by atoms with Crippen molar-refractivity contribution in [3.05, 3.63) is 47.6 Å². The van der Waals surface area contributed by atoms with Gasteiger partial charge in [0.15, 0.2) is 5.82 Å². The van der Waals surface area contributed by atoms with Crippen LogP contribution in [-0.2, 0) is 12.8 Å². The summed E-state index contributed by atoms with van der Waals surface area (Å²) < 4.78 is 5.37. The predicted octanol–water partition coefficient (Wildman–Crippen LogP) is 3.83. The molecule has 1 heterocycles. The molecule has 1 aliphatic carbocycles.